The average Bonchev–Trinajstić information content (AvgIpc) is 3.01. The molecule has 4 rings (SSSR count). The van der Waals surface area contributed by atoms with E-state index in [-0.39, 0.29) is 12.5 Å². The van der Waals surface area contributed by atoms with Gasteiger partial charge in [-0.25, -0.2) is 0 Å². The topological polar surface area (TPSA) is 99.9 Å². The Kier molecular flexibility index (Phi) is 3.87. The second-order valence-electron chi connectivity index (χ2n) is 7.66. The molecule has 2 fully saturated rings. The molecular formula is C17H24N6O2. The van der Waals surface area contributed by atoms with Gasteiger partial charge in [-0.3, -0.25) is 9.48 Å². The maximum atomic E-state index is 13.1. The van der Waals surface area contributed by atoms with Gasteiger partial charge in [0.05, 0.1) is 30.2 Å². The highest BCUT2D eigenvalue weighted by molar-refractivity contribution is 5.95. The summed E-state index contributed by atoms with van der Waals surface area (Å²) in [7, 11) is 0. The Morgan fingerprint density at radius 3 is 2.88 bits per heavy atom. The molecule has 2 aromatic heterocycles. The summed E-state index contributed by atoms with van der Waals surface area (Å²) in [4.78, 5) is 14.8. The van der Waals surface area contributed by atoms with Crippen molar-refractivity contribution in [3.63, 3.8) is 0 Å². The Hall–Kier alpha value is -2.22. The third-order valence-corrected chi connectivity index (χ3v) is 5.04. The highest BCUT2D eigenvalue weighted by Crippen LogP contribution is 2.42. The molecule has 3 heterocycles. The number of nitrogens with zero attached hydrogens (tertiary/aromatic N) is 5. The van der Waals surface area contributed by atoms with E-state index in [1.165, 1.54) is 6.20 Å². The van der Waals surface area contributed by atoms with E-state index in [2.05, 4.69) is 34.4 Å². The van der Waals surface area contributed by atoms with Gasteiger partial charge < -0.3 is 10.0 Å². The minimum atomic E-state index is -1.13. The molecule has 2 aliphatic rings. The van der Waals surface area contributed by atoms with Crippen LogP contribution in [-0.2, 0) is 12.1 Å². The van der Waals surface area contributed by atoms with Gasteiger partial charge in [-0.15, -0.1) is 0 Å². The van der Waals surface area contributed by atoms with Crippen LogP contribution in [0.1, 0.15) is 60.8 Å². The fraction of sp³-hybridized carbons (Fsp3) is 0.647. The summed E-state index contributed by atoms with van der Waals surface area (Å²) in [6, 6.07) is 0. The third-order valence-electron chi connectivity index (χ3n) is 5.04. The van der Waals surface area contributed by atoms with Crippen LogP contribution in [0.15, 0.2) is 12.4 Å². The number of hydrogen-bond acceptors (Lipinski definition) is 5. The van der Waals surface area contributed by atoms with Gasteiger partial charge in [0.15, 0.2) is 0 Å². The van der Waals surface area contributed by atoms with Crippen LogP contribution in [0.3, 0.4) is 0 Å². The first-order valence-corrected chi connectivity index (χ1v) is 8.91. The van der Waals surface area contributed by atoms with Crippen molar-refractivity contribution in [3.05, 3.63) is 29.3 Å². The van der Waals surface area contributed by atoms with Crippen LogP contribution in [-0.4, -0.2) is 54.2 Å². The molecule has 1 saturated carbocycles. The number of likely N-dealkylation sites (tertiary alicyclic amines) is 1. The molecule has 1 saturated heterocycles. The number of amides is 1. The third kappa shape index (κ3) is 2.95. The van der Waals surface area contributed by atoms with E-state index in [4.69, 9.17) is 0 Å². The second-order valence-corrected chi connectivity index (χ2v) is 7.66. The first-order chi connectivity index (χ1) is 12.0. The predicted octanol–water partition coefficient (Wildman–Crippen LogP) is 1.27. The lowest BCUT2D eigenvalue weighted by Crippen LogP contribution is -2.35. The Bertz CT molecular complexity index is 764. The minimum Gasteiger partial charge on any atom is -0.381 e. The van der Waals surface area contributed by atoms with Crippen molar-refractivity contribution in [1.82, 2.24) is 30.1 Å². The molecule has 0 bridgehead atoms. The summed E-state index contributed by atoms with van der Waals surface area (Å²) in [5.41, 5.74) is 1.11. The zero-order valence-corrected chi connectivity index (χ0v) is 14.6. The molecule has 8 nitrogen and oxygen atoms in total. The number of carbonyl (C=O) groups is 1. The molecule has 1 aliphatic carbocycles. The predicted molar refractivity (Wildman–Crippen MR) is 89.8 cm³/mol. The Balaban J connectivity index is 1.57. The fourth-order valence-electron chi connectivity index (χ4n) is 3.61. The molecule has 134 valence electrons. The summed E-state index contributed by atoms with van der Waals surface area (Å²) in [6.45, 7) is 5.86. The number of aliphatic hydroxyl groups is 1. The SMILES string of the molecule is CC(C)Cn1ncc(C(=O)N2CCC(O)(c3cn[nH]n3)C2)c1C1CC1. The number of β-amino-alcohol motifs (C(OH)–C–C–N with tert-alkyl or cyclic N) is 1. The molecule has 25 heavy (non-hydrogen) atoms. The highest BCUT2D eigenvalue weighted by Gasteiger charge is 2.43. The normalized spacial score (nSPS) is 23.6. The van der Waals surface area contributed by atoms with Crippen LogP contribution in [0, 0.1) is 5.92 Å². The molecule has 2 N–H and O–H groups in total. The van der Waals surface area contributed by atoms with E-state index in [1.807, 2.05) is 4.68 Å². The first-order valence-electron chi connectivity index (χ1n) is 8.91. The van der Waals surface area contributed by atoms with Gasteiger partial charge in [0, 0.05) is 25.4 Å². The van der Waals surface area contributed by atoms with Gasteiger partial charge >= 0.3 is 0 Å². The quantitative estimate of drug-likeness (QED) is 0.851. The summed E-state index contributed by atoms with van der Waals surface area (Å²) in [5, 5.41) is 25.5. The fourth-order valence-corrected chi connectivity index (χ4v) is 3.61. The molecule has 1 amide bonds. The van der Waals surface area contributed by atoms with E-state index < -0.39 is 5.60 Å². The Morgan fingerprint density at radius 2 is 2.24 bits per heavy atom. The first kappa shape index (κ1) is 16.3. The maximum Gasteiger partial charge on any atom is 0.257 e. The van der Waals surface area contributed by atoms with Gasteiger partial charge in [0.1, 0.15) is 11.3 Å². The average molecular weight is 344 g/mol. The number of nitrogens with one attached hydrogen (secondary N) is 1. The largest absolute Gasteiger partial charge is 0.381 e. The molecule has 0 radical (unpaired) electrons. The highest BCUT2D eigenvalue weighted by atomic mass is 16.3. The zero-order chi connectivity index (χ0) is 17.6. The lowest BCUT2D eigenvalue weighted by atomic mass is 10.00. The van der Waals surface area contributed by atoms with Crippen molar-refractivity contribution in [1.29, 1.82) is 0 Å². The van der Waals surface area contributed by atoms with Gasteiger partial charge in [-0.2, -0.15) is 20.5 Å². The molecule has 0 aromatic carbocycles. The van der Waals surface area contributed by atoms with E-state index in [0.29, 0.717) is 36.1 Å². The van der Waals surface area contributed by atoms with Crippen LogP contribution in [0.25, 0.3) is 0 Å². The maximum absolute atomic E-state index is 13.1. The second kappa shape index (κ2) is 5.94. The van der Waals surface area contributed by atoms with Crippen molar-refractivity contribution in [2.45, 2.75) is 51.2 Å². The Morgan fingerprint density at radius 1 is 1.44 bits per heavy atom. The van der Waals surface area contributed by atoms with Gasteiger partial charge in [-0.1, -0.05) is 13.8 Å². The molecule has 2 aromatic rings. The monoisotopic (exact) mass is 344 g/mol. The van der Waals surface area contributed by atoms with Gasteiger partial charge in [-0.05, 0) is 18.8 Å². The number of carbonyl (C=O) groups excluding carboxylic acids is 1. The lowest BCUT2D eigenvalue weighted by molar-refractivity contribution is 0.0381. The summed E-state index contributed by atoms with van der Waals surface area (Å²) >= 11 is 0. The molecule has 1 atom stereocenters. The zero-order valence-electron chi connectivity index (χ0n) is 14.6. The standard InChI is InChI=1S/C17H24N6O2/c1-11(2)9-23-15(12-3-4-12)13(7-19-23)16(24)22-6-5-17(25,10-22)14-8-18-21-20-14/h7-8,11-12,25H,3-6,9-10H2,1-2H3,(H,18,20,21). The van der Waals surface area contributed by atoms with Crippen LogP contribution in [0.5, 0.6) is 0 Å². The molecule has 0 spiro atoms. The number of aromatic nitrogens is 5. The molecule has 8 heteroatoms. The van der Waals surface area contributed by atoms with E-state index in [0.717, 1.165) is 25.1 Å². The van der Waals surface area contributed by atoms with Crippen LogP contribution >= 0.6 is 0 Å². The molecule has 1 unspecified atom stereocenters. The summed E-state index contributed by atoms with van der Waals surface area (Å²) in [5.74, 6) is 0.873. The summed E-state index contributed by atoms with van der Waals surface area (Å²) in [6.07, 6.45) is 5.92. The number of H-pyrrole nitrogens is 1. The smallest absolute Gasteiger partial charge is 0.257 e. The van der Waals surface area contributed by atoms with Crippen molar-refractivity contribution >= 4 is 5.91 Å². The van der Waals surface area contributed by atoms with Crippen LogP contribution in [0.2, 0.25) is 0 Å². The lowest BCUT2D eigenvalue weighted by Gasteiger charge is -2.21. The van der Waals surface area contributed by atoms with E-state index in [1.54, 1.807) is 11.1 Å². The molecule has 1 aliphatic heterocycles. The van der Waals surface area contributed by atoms with Crippen molar-refractivity contribution in [2.24, 2.45) is 5.92 Å². The Labute approximate surface area is 146 Å². The number of rotatable bonds is 5. The van der Waals surface area contributed by atoms with E-state index >= 15 is 0 Å². The molecular weight excluding hydrogens is 320 g/mol. The van der Waals surface area contributed by atoms with Gasteiger partial charge in [0.2, 0.25) is 0 Å². The minimum absolute atomic E-state index is 0.0451. The van der Waals surface area contributed by atoms with Crippen LogP contribution < -0.4 is 0 Å². The van der Waals surface area contributed by atoms with Crippen LogP contribution in [0.4, 0.5) is 0 Å². The van der Waals surface area contributed by atoms with Crippen molar-refractivity contribution in [3.8, 4) is 0 Å². The summed E-state index contributed by atoms with van der Waals surface area (Å²) < 4.78 is 2.00. The van der Waals surface area contributed by atoms with Gasteiger partial charge in [0.25, 0.3) is 5.91 Å². The van der Waals surface area contributed by atoms with Crippen molar-refractivity contribution in [2.75, 3.05) is 13.1 Å². The van der Waals surface area contributed by atoms with E-state index in [9.17, 15) is 9.90 Å². The van der Waals surface area contributed by atoms with Crippen molar-refractivity contribution < 1.29 is 9.90 Å². The number of aromatic amines is 1. The number of hydrogen-bond donors (Lipinski definition) is 2.